The molecule has 2 aliphatic rings. The highest BCUT2D eigenvalue weighted by Gasteiger charge is 2.29. The summed E-state index contributed by atoms with van der Waals surface area (Å²) in [6.45, 7) is 6.85. The lowest BCUT2D eigenvalue weighted by molar-refractivity contribution is -0.128. The predicted molar refractivity (Wildman–Crippen MR) is 83.3 cm³/mol. The number of rotatable bonds is 6. The lowest BCUT2D eigenvalue weighted by Crippen LogP contribution is -2.42. The van der Waals surface area contributed by atoms with Gasteiger partial charge in [-0.15, -0.1) is 0 Å². The number of hydrogen-bond donors (Lipinski definition) is 1. The van der Waals surface area contributed by atoms with Gasteiger partial charge in [-0.3, -0.25) is 14.7 Å². The molecule has 1 N–H and O–H groups in total. The first kappa shape index (κ1) is 15.4. The van der Waals surface area contributed by atoms with Gasteiger partial charge in [0.15, 0.2) is 0 Å². The Bertz CT molecular complexity index is 476. The maximum absolute atomic E-state index is 12.1. The monoisotopic (exact) mass is 304 g/mol. The number of morpholine rings is 1. The maximum Gasteiger partial charge on any atom is 0.224 e. The van der Waals surface area contributed by atoms with E-state index in [9.17, 15) is 4.79 Å². The Hall–Kier alpha value is -1.50. The first-order valence-corrected chi connectivity index (χ1v) is 8.02. The van der Waals surface area contributed by atoms with E-state index in [-0.39, 0.29) is 11.9 Å². The molecule has 1 amide bonds. The average molecular weight is 304 g/mol. The number of carbonyl (C=O) groups is 1. The fraction of sp³-hybridized carbons (Fsp3) is 0.625. The van der Waals surface area contributed by atoms with Crippen molar-refractivity contribution in [3.8, 4) is 0 Å². The molecular formula is C16H24N4O2. The van der Waals surface area contributed by atoms with E-state index in [1.807, 2.05) is 23.1 Å². The molecule has 22 heavy (non-hydrogen) atoms. The average Bonchev–Trinajstić information content (AvgIpc) is 2.93. The number of carbonyl (C=O) groups excluding carboxylic acids is 1. The molecule has 6 nitrogen and oxygen atoms in total. The summed E-state index contributed by atoms with van der Waals surface area (Å²) in [7, 11) is 0. The smallest absolute Gasteiger partial charge is 0.224 e. The minimum absolute atomic E-state index is 0.235. The van der Waals surface area contributed by atoms with Gasteiger partial charge in [0.25, 0.3) is 0 Å². The summed E-state index contributed by atoms with van der Waals surface area (Å²) in [4.78, 5) is 20.7. The SMILES string of the molecule is O=C1C[C@@H](NCc2ccccn2)CN1CCN1CCOCC1. The van der Waals surface area contributed by atoms with Crippen LogP contribution in [0, 0.1) is 0 Å². The van der Waals surface area contributed by atoms with Gasteiger partial charge in [0.05, 0.1) is 18.9 Å². The normalized spacial score (nSPS) is 23.2. The molecule has 120 valence electrons. The summed E-state index contributed by atoms with van der Waals surface area (Å²) < 4.78 is 5.35. The number of hydrogen-bond acceptors (Lipinski definition) is 5. The topological polar surface area (TPSA) is 57.7 Å². The molecule has 2 fully saturated rings. The van der Waals surface area contributed by atoms with Gasteiger partial charge in [-0.1, -0.05) is 6.07 Å². The van der Waals surface area contributed by atoms with Crippen LogP contribution in [-0.4, -0.2) is 72.7 Å². The van der Waals surface area contributed by atoms with Gasteiger partial charge in [0.1, 0.15) is 0 Å². The van der Waals surface area contributed by atoms with Crippen molar-refractivity contribution in [2.75, 3.05) is 45.9 Å². The summed E-state index contributed by atoms with van der Waals surface area (Å²) in [6.07, 6.45) is 2.39. The van der Waals surface area contributed by atoms with Crippen molar-refractivity contribution < 1.29 is 9.53 Å². The molecule has 1 atom stereocenters. The molecule has 3 rings (SSSR count). The molecule has 3 heterocycles. The first-order chi connectivity index (χ1) is 10.8. The van der Waals surface area contributed by atoms with Gasteiger partial charge in [0, 0.05) is 57.9 Å². The summed E-state index contributed by atoms with van der Waals surface area (Å²) in [6, 6.07) is 6.13. The molecule has 2 saturated heterocycles. The van der Waals surface area contributed by atoms with Crippen molar-refractivity contribution in [2.45, 2.75) is 19.0 Å². The first-order valence-electron chi connectivity index (χ1n) is 8.02. The Kier molecular flexibility index (Phi) is 5.37. The van der Waals surface area contributed by atoms with Crippen LogP contribution in [0.5, 0.6) is 0 Å². The highest BCUT2D eigenvalue weighted by atomic mass is 16.5. The number of nitrogens with zero attached hydrogens (tertiary/aromatic N) is 3. The molecule has 6 heteroatoms. The van der Waals surface area contributed by atoms with E-state index in [1.165, 1.54) is 0 Å². The van der Waals surface area contributed by atoms with Gasteiger partial charge in [0.2, 0.25) is 5.91 Å². The molecule has 0 saturated carbocycles. The molecule has 1 aromatic heterocycles. The van der Waals surface area contributed by atoms with Crippen LogP contribution in [0.1, 0.15) is 12.1 Å². The molecule has 0 aromatic carbocycles. The zero-order chi connectivity index (χ0) is 15.2. The van der Waals surface area contributed by atoms with E-state index in [1.54, 1.807) is 6.20 Å². The molecule has 0 unspecified atom stereocenters. The van der Waals surface area contributed by atoms with Crippen LogP contribution < -0.4 is 5.32 Å². The third kappa shape index (κ3) is 4.25. The summed E-state index contributed by atoms with van der Waals surface area (Å²) in [5.41, 5.74) is 1.02. The predicted octanol–water partition coefficient (Wildman–Crippen LogP) is 0.104. The minimum atomic E-state index is 0.235. The molecular weight excluding hydrogens is 280 g/mol. The molecule has 0 radical (unpaired) electrons. The third-order valence-electron chi connectivity index (χ3n) is 4.30. The van der Waals surface area contributed by atoms with Gasteiger partial charge in [-0.25, -0.2) is 0 Å². The van der Waals surface area contributed by atoms with E-state index in [4.69, 9.17) is 4.74 Å². The largest absolute Gasteiger partial charge is 0.379 e. The fourth-order valence-corrected chi connectivity index (χ4v) is 2.96. The van der Waals surface area contributed by atoms with Crippen LogP contribution in [0.2, 0.25) is 0 Å². The van der Waals surface area contributed by atoms with E-state index in [0.29, 0.717) is 6.42 Å². The van der Waals surface area contributed by atoms with E-state index < -0.39 is 0 Å². The molecule has 0 spiro atoms. The molecule has 0 aliphatic carbocycles. The third-order valence-corrected chi connectivity index (χ3v) is 4.30. The number of pyridine rings is 1. The molecule has 0 bridgehead atoms. The van der Waals surface area contributed by atoms with Crippen LogP contribution in [0.4, 0.5) is 0 Å². The second-order valence-corrected chi connectivity index (χ2v) is 5.90. The zero-order valence-corrected chi connectivity index (χ0v) is 12.9. The number of amides is 1. The van der Waals surface area contributed by atoms with E-state index in [2.05, 4.69) is 15.2 Å². The van der Waals surface area contributed by atoms with Gasteiger partial charge >= 0.3 is 0 Å². The Labute approximate surface area is 131 Å². The lowest BCUT2D eigenvalue weighted by atomic mass is 10.2. The van der Waals surface area contributed by atoms with E-state index in [0.717, 1.165) is 58.2 Å². The summed E-state index contributed by atoms with van der Waals surface area (Å²) in [5.74, 6) is 0.256. The van der Waals surface area contributed by atoms with Crippen LogP contribution in [-0.2, 0) is 16.1 Å². The van der Waals surface area contributed by atoms with Crippen molar-refractivity contribution >= 4 is 5.91 Å². The zero-order valence-electron chi connectivity index (χ0n) is 12.9. The Morgan fingerprint density at radius 2 is 2.14 bits per heavy atom. The van der Waals surface area contributed by atoms with E-state index >= 15 is 0 Å². The number of ether oxygens (including phenoxy) is 1. The molecule has 2 aliphatic heterocycles. The second kappa shape index (κ2) is 7.67. The lowest BCUT2D eigenvalue weighted by Gasteiger charge is -2.28. The summed E-state index contributed by atoms with van der Waals surface area (Å²) >= 11 is 0. The standard InChI is InChI=1S/C16H24N4O2/c21-16-11-15(18-12-14-3-1-2-4-17-14)13-20(16)6-5-19-7-9-22-10-8-19/h1-4,15,18H,5-13H2/t15-/m1/s1. The Morgan fingerprint density at radius 3 is 2.91 bits per heavy atom. The Balaban J connectivity index is 1.40. The van der Waals surface area contributed by atoms with Gasteiger partial charge in [-0.05, 0) is 12.1 Å². The Morgan fingerprint density at radius 1 is 1.27 bits per heavy atom. The number of likely N-dealkylation sites (tertiary alicyclic amines) is 1. The van der Waals surface area contributed by atoms with Crippen molar-refractivity contribution in [3.63, 3.8) is 0 Å². The highest BCUT2D eigenvalue weighted by Crippen LogP contribution is 2.12. The van der Waals surface area contributed by atoms with Gasteiger partial charge < -0.3 is 15.0 Å². The van der Waals surface area contributed by atoms with Crippen LogP contribution in [0.25, 0.3) is 0 Å². The van der Waals surface area contributed by atoms with Crippen LogP contribution in [0.15, 0.2) is 24.4 Å². The van der Waals surface area contributed by atoms with Crippen LogP contribution in [0.3, 0.4) is 0 Å². The maximum atomic E-state index is 12.1. The highest BCUT2D eigenvalue weighted by molar-refractivity contribution is 5.79. The fourth-order valence-electron chi connectivity index (χ4n) is 2.96. The number of aromatic nitrogens is 1. The quantitative estimate of drug-likeness (QED) is 0.808. The second-order valence-electron chi connectivity index (χ2n) is 5.90. The van der Waals surface area contributed by atoms with Crippen molar-refractivity contribution in [1.82, 2.24) is 20.1 Å². The van der Waals surface area contributed by atoms with Gasteiger partial charge in [-0.2, -0.15) is 0 Å². The number of nitrogens with one attached hydrogen (secondary N) is 1. The van der Waals surface area contributed by atoms with Crippen molar-refractivity contribution in [2.24, 2.45) is 0 Å². The molecule has 1 aromatic rings. The van der Waals surface area contributed by atoms with Crippen molar-refractivity contribution in [1.29, 1.82) is 0 Å². The summed E-state index contributed by atoms with van der Waals surface area (Å²) in [5, 5.41) is 3.44. The minimum Gasteiger partial charge on any atom is -0.379 e. The van der Waals surface area contributed by atoms with Crippen LogP contribution >= 0.6 is 0 Å². The van der Waals surface area contributed by atoms with Crippen molar-refractivity contribution in [3.05, 3.63) is 30.1 Å².